The molecule has 0 aliphatic rings. The number of carbonyl (C=O) groups is 1. The molecule has 0 fully saturated rings. The maximum atomic E-state index is 13.2. The maximum Gasteiger partial charge on any atom is 0.322 e. The van der Waals surface area contributed by atoms with Gasteiger partial charge in [-0.3, -0.25) is 9.36 Å². The van der Waals surface area contributed by atoms with Gasteiger partial charge < -0.3 is 15.0 Å². The molecule has 0 aliphatic carbocycles. The van der Waals surface area contributed by atoms with Gasteiger partial charge in [-0.05, 0) is 56.7 Å². The van der Waals surface area contributed by atoms with Crippen LogP contribution in [0.5, 0.6) is 5.75 Å². The second kappa shape index (κ2) is 10.1. The Balaban J connectivity index is 1.89. The molecule has 0 spiro atoms. The van der Waals surface area contributed by atoms with E-state index in [0.717, 1.165) is 18.6 Å². The van der Waals surface area contributed by atoms with Crippen LogP contribution < -0.4 is 15.6 Å². The molecule has 0 radical (unpaired) electrons. The highest BCUT2D eigenvalue weighted by atomic mass is 16.5. The number of hydrogen-bond donors (Lipinski definition) is 1. The fourth-order valence-corrected chi connectivity index (χ4v) is 3.54. The van der Waals surface area contributed by atoms with E-state index in [-0.39, 0.29) is 17.6 Å². The molecule has 31 heavy (non-hydrogen) atoms. The van der Waals surface area contributed by atoms with Crippen LogP contribution in [0, 0.1) is 0 Å². The van der Waals surface area contributed by atoms with E-state index in [9.17, 15) is 9.59 Å². The Kier molecular flexibility index (Phi) is 7.28. The lowest BCUT2D eigenvalue weighted by molar-refractivity contribution is 0.187. The van der Waals surface area contributed by atoms with Crippen molar-refractivity contribution in [2.45, 2.75) is 39.7 Å². The zero-order valence-electron chi connectivity index (χ0n) is 18.6. The summed E-state index contributed by atoms with van der Waals surface area (Å²) in [6, 6.07) is 14.0. The third kappa shape index (κ3) is 5.05. The molecule has 1 N–H and O–H groups in total. The van der Waals surface area contributed by atoms with Crippen molar-refractivity contribution in [2.75, 3.05) is 18.5 Å². The van der Waals surface area contributed by atoms with Crippen molar-refractivity contribution in [3.05, 3.63) is 64.7 Å². The van der Waals surface area contributed by atoms with E-state index in [4.69, 9.17) is 9.72 Å². The molecule has 0 saturated carbocycles. The van der Waals surface area contributed by atoms with Crippen molar-refractivity contribution >= 4 is 22.6 Å². The summed E-state index contributed by atoms with van der Waals surface area (Å²) in [4.78, 5) is 32.4. The van der Waals surface area contributed by atoms with Gasteiger partial charge in [0.2, 0.25) is 0 Å². The van der Waals surface area contributed by atoms with Crippen LogP contribution in [0.15, 0.2) is 53.3 Å². The van der Waals surface area contributed by atoms with Gasteiger partial charge in [-0.2, -0.15) is 0 Å². The second-order valence-electron chi connectivity index (χ2n) is 7.46. The number of nitrogens with one attached hydrogen (secondary N) is 1. The fourth-order valence-electron chi connectivity index (χ4n) is 3.54. The molecule has 1 atom stereocenters. The summed E-state index contributed by atoms with van der Waals surface area (Å²) in [6.45, 7) is 7.06. The number of para-hydroxylation sites is 1. The second-order valence-corrected chi connectivity index (χ2v) is 7.46. The van der Waals surface area contributed by atoms with Crippen molar-refractivity contribution in [1.82, 2.24) is 14.5 Å². The normalized spacial score (nSPS) is 11.9. The van der Waals surface area contributed by atoms with Crippen LogP contribution in [0.3, 0.4) is 0 Å². The highest BCUT2D eigenvalue weighted by Gasteiger charge is 2.25. The number of rotatable bonds is 8. The monoisotopic (exact) mass is 422 g/mol. The van der Waals surface area contributed by atoms with Crippen LogP contribution in [-0.4, -0.2) is 33.6 Å². The van der Waals surface area contributed by atoms with Crippen LogP contribution in [0.4, 0.5) is 10.5 Å². The van der Waals surface area contributed by atoms with Crippen molar-refractivity contribution < 1.29 is 9.53 Å². The van der Waals surface area contributed by atoms with Gasteiger partial charge in [0.25, 0.3) is 5.56 Å². The summed E-state index contributed by atoms with van der Waals surface area (Å²) in [5.41, 5.74) is 1.20. The molecule has 1 heterocycles. The smallest absolute Gasteiger partial charge is 0.322 e. The minimum Gasteiger partial charge on any atom is -0.494 e. The first-order valence-electron chi connectivity index (χ1n) is 10.7. The quantitative estimate of drug-likeness (QED) is 0.569. The summed E-state index contributed by atoms with van der Waals surface area (Å²) in [5, 5.41) is 3.53. The Bertz CT molecular complexity index is 1090. The summed E-state index contributed by atoms with van der Waals surface area (Å²) in [5.74, 6) is 1.31. The number of amides is 2. The standard InChI is InChI=1S/C24H30N4O3/c1-5-7-16-28(24(30)25-18-12-14-19(15-13-18)31-6-2)17(3)22-26-21-11-9-8-10-20(21)23(29)27(22)4/h8-15,17H,5-7,16H2,1-4H3,(H,25,30). The van der Waals surface area contributed by atoms with Crippen molar-refractivity contribution in [1.29, 1.82) is 0 Å². The van der Waals surface area contributed by atoms with Crippen LogP contribution in [0.25, 0.3) is 10.9 Å². The zero-order chi connectivity index (χ0) is 22.4. The van der Waals surface area contributed by atoms with Gasteiger partial charge in [-0.15, -0.1) is 0 Å². The van der Waals surface area contributed by atoms with E-state index >= 15 is 0 Å². The molecule has 2 aromatic carbocycles. The number of nitrogens with zero attached hydrogens (tertiary/aromatic N) is 3. The Morgan fingerprint density at radius 3 is 2.55 bits per heavy atom. The van der Waals surface area contributed by atoms with Crippen LogP contribution in [-0.2, 0) is 7.05 Å². The summed E-state index contributed by atoms with van der Waals surface area (Å²) < 4.78 is 7.00. The molecule has 1 unspecified atom stereocenters. The SMILES string of the molecule is CCCCN(C(=O)Nc1ccc(OCC)cc1)C(C)c1nc2ccccc2c(=O)n1C. The van der Waals surface area contributed by atoms with Gasteiger partial charge in [-0.25, -0.2) is 9.78 Å². The van der Waals surface area contributed by atoms with Gasteiger partial charge in [0.15, 0.2) is 0 Å². The Labute approximate surface area is 182 Å². The molecule has 3 rings (SSSR count). The molecule has 0 saturated heterocycles. The number of fused-ring (bicyclic) bond motifs is 1. The predicted molar refractivity (Wildman–Crippen MR) is 124 cm³/mol. The van der Waals surface area contributed by atoms with Gasteiger partial charge in [0, 0.05) is 19.3 Å². The molecule has 7 nitrogen and oxygen atoms in total. The molecule has 7 heteroatoms. The highest BCUT2D eigenvalue weighted by Crippen LogP contribution is 2.22. The van der Waals surface area contributed by atoms with E-state index < -0.39 is 0 Å². The molecule has 0 aliphatic heterocycles. The van der Waals surface area contributed by atoms with Crippen LogP contribution in [0.1, 0.15) is 45.5 Å². The van der Waals surface area contributed by atoms with E-state index in [2.05, 4.69) is 12.2 Å². The lowest BCUT2D eigenvalue weighted by Gasteiger charge is -2.30. The number of urea groups is 1. The largest absolute Gasteiger partial charge is 0.494 e. The average molecular weight is 423 g/mol. The third-order valence-electron chi connectivity index (χ3n) is 5.29. The molecule has 2 amide bonds. The zero-order valence-corrected chi connectivity index (χ0v) is 18.6. The summed E-state index contributed by atoms with van der Waals surface area (Å²) in [7, 11) is 1.70. The molecule has 0 bridgehead atoms. The number of carbonyl (C=O) groups excluding carboxylic acids is 1. The van der Waals surface area contributed by atoms with E-state index in [1.54, 1.807) is 18.0 Å². The summed E-state index contributed by atoms with van der Waals surface area (Å²) in [6.07, 6.45) is 1.80. The minimum atomic E-state index is -0.378. The third-order valence-corrected chi connectivity index (χ3v) is 5.29. The van der Waals surface area contributed by atoms with Gasteiger partial charge in [0.05, 0.1) is 23.6 Å². The predicted octanol–water partition coefficient (Wildman–Crippen LogP) is 4.73. The maximum absolute atomic E-state index is 13.2. The molecule has 1 aromatic heterocycles. The Morgan fingerprint density at radius 1 is 1.16 bits per heavy atom. The van der Waals surface area contributed by atoms with Gasteiger partial charge >= 0.3 is 6.03 Å². The van der Waals surface area contributed by atoms with E-state index in [1.807, 2.05) is 56.3 Å². The van der Waals surface area contributed by atoms with Crippen LogP contribution in [0.2, 0.25) is 0 Å². The van der Waals surface area contributed by atoms with E-state index in [1.165, 1.54) is 4.57 Å². The molecule has 3 aromatic rings. The Hall–Kier alpha value is -3.35. The van der Waals surface area contributed by atoms with Gasteiger partial charge in [-0.1, -0.05) is 25.5 Å². The molecular weight excluding hydrogens is 392 g/mol. The molecule has 164 valence electrons. The highest BCUT2D eigenvalue weighted by molar-refractivity contribution is 5.89. The number of unbranched alkanes of at least 4 members (excludes halogenated alkanes) is 1. The lowest BCUT2D eigenvalue weighted by atomic mass is 10.2. The lowest BCUT2D eigenvalue weighted by Crippen LogP contribution is -2.40. The van der Waals surface area contributed by atoms with E-state index in [0.29, 0.717) is 35.6 Å². The van der Waals surface area contributed by atoms with Crippen molar-refractivity contribution in [2.24, 2.45) is 7.05 Å². The van der Waals surface area contributed by atoms with Gasteiger partial charge in [0.1, 0.15) is 11.6 Å². The van der Waals surface area contributed by atoms with Crippen molar-refractivity contribution in [3.63, 3.8) is 0 Å². The molecular formula is C24H30N4O3. The topological polar surface area (TPSA) is 76.5 Å². The van der Waals surface area contributed by atoms with Crippen molar-refractivity contribution in [3.8, 4) is 5.75 Å². The first-order chi connectivity index (χ1) is 15.0. The minimum absolute atomic E-state index is 0.116. The fraction of sp³-hybridized carbons (Fsp3) is 0.375. The first-order valence-corrected chi connectivity index (χ1v) is 10.7. The summed E-state index contributed by atoms with van der Waals surface area (Å²) >= 11 is 0. The number of aromatic nitrogens is 2. The average Bonchev–Trinajstić information content (AvgIpc) is 2.78. The first kappa shape index (κ1) is 22.3. The Morgan fingerprint density at radius 2 is 1.87 bits per heavy atom. The number of benzene rings is 2. The van der Waals surface area contributed by atoms with Crippen LogP contribution >= 0.6 is 0 Å². The number of anilines is 1. The number of hydrogen-bond acceptors (Lipinski definition) is 4. The number of ether oxygens (including phenoxy) is 1.